The first-order chi connectivity index (χ1) is 9.93. The standard InChI is InChI=1S/C16H19F3N2/c17-16(18,19)15(1-2-15)13-4-11(7-20-8-13)3-12-5-14(6-12)9-21-10-14/h4,7-8,12,21H,1-3,5-6,9-10H2. The molecule has 0 bridgehead atoms. The van der Waals surface area contributed by atoms with Crippen molar-refractivity contribution in [1.82, 2.24) is 10.3 Å². The fraction of sp³-hybridized carbons (Fsp3) is 0.688. The van der Waals surface area contributed by atoms with Crippen LogP contribution in [0, 0.1) is 11.3 Å². The van der Waals surface area contributed by atoms with Gasteiger partial charge in [-0.25, -0.2) is 0 Å². The summed E-state index contributed by atoms with van der Waals surface area (Å²) in [4.78, 5) is 4.07. The summed E-state index contributed by atoms with van der Waals surface area (Å²) >= 11 is 0. The Labute approximate surface area is 122 Å². The number of hydrogen-bond donors (Lipinski definition) is 1. The fourth-order valence-electron chi connectivity index (χ4n) is 4.13. The van der Waals surface area contributed by atoms with Crippen LogP contribution in [0.1, 0.15) is 36.8 Å². The Kier molecular flexibility index (Phi) is 2.72. The SMILES string of the molecule is FC(F)(F)C1(c2cncc(CC3CC4(CNC4)C3)c2)CC1. The van der Waals surface area contributed by atoms with Crippen LogP contribution in [0.5, 0.6) is 0 Å². The molecule has 2 heterocycles. The van der Waals surface area contributed by atoms with E-state index in [9.17, 15) is 13.2 Å². The zero-order chi connectivity index (χ0) is 14.7. The average Bonchev–Trinajstić information content (AvgIpc) is 3.11. The number of nitrogens with one attached hydrogen (secondary N) is 1. The van der Waals surface area contributed by atoms with Crippen LogP contribution >= 0.6 is 0 Å². The normalized spacial score (nSPS) is 26.2. The van der Waals surface area contributed by atoms with Crippen molar-refractivity contribution in [1.29, 1.82) is 0 Å². The van der Waals surface area contributed by atoms with Crippen LogP contribution < -0.4 is 5.32 Å². The Balaban J connectivity index is 1.47. The monoisotopic (exact) mass is 296 g/mol. The van der Waals surface area contributed by atoms with Crippen molar-refractivity contribution in [3.8, 4) is 0 Å². The molecule has 1 aliphatic heterocycles. The predicted molar refractivity (Wildman–Crippen MR) is 72.9 cm³/mol. The predicted octanol–water partition coefficient (Wildman–Crippen LogP) is 3.22. The Bertz CT molecular complexity index is 551. The zero-order valence-corrected chi connectivity index (χ0v) is 11.8. The lowest BCUT2D eigenvalue weighted by Crippen LogP contribution is -2.60. The number of hydrogen-bond acceptors (Lipinski definition) is 2. The van der Waals surface area contributed by atoms with Gasteiger partial charge in [-0.3, -0.25) is 4.98 Å². The van der Waals surface area contributed by atoms with Crippen molar-refractivity contribution >= 4 is 0 Å². The van der Waals surface area contributed by atoms with E-state index in [2.05, 4.69) is 10.3 Å². The highest BCUT2D eigenvalue weighted by atomic mass is 19.4. The number of aromatic nitrogens is 1. The van der Waals surface area contributed by atoms with Gasteiger partial charge < -0.3 is 5.32 Å². The van der Waals surface area contributed by atoms with Crippen LogP contribution in [0.3, 0.4) is 0 Å². The number of alkyl halides is 3. The second-order valence-corrected chi connectivity index (χ2v) is 7.24. The van der Waals surface area contributed by atoms with Crippen molar-refractivity contribution in [3.05, 3.63) is 29.6 Å². The Morgan fingerprint density at radius 1 is 1.19 bits per heavy atom. The molecule has 114 valence electrons. The summed E-state index contributed by atoms with van der Waals surface area (Å²) in [5, 5.41) is 3.30. The maximum absolute atomic E-state index is 13.2. The van der Waals surface area contributed by atoms with Crippen LogP contribution in [0.2, 0.25) is 0 Å². The molecule has 1 saturated heterocycles. The first-order valence-electron chi connectivity index (χ1n) is 7.64. The minimum Gasteiger partial charge on any atom is -0.316 e. The molecular formula is C16H19F3N2. The average molecular weight is 296 g/mol. The lowest BCUT2D eigenvalue weighted by Gasteiger charge is -2.54. The van der Waals surface area contributed by atoms with Crippen molar-refractivity contribution in [2.45, 2.75) is 43.7 Å². The van der Waals surface area contributed by atoms with E-state index in [1.807, 2.05) is 0 Å². The van der Waals surface area contributed by atoms with E-state index in [0.717, 1.165) is 25.1 Å². The number of halogens is 3. The third-order valence-electron chi connectivity index (χ3n) is 5.61. The van der Waals surface area contributed by atoms with Gasteiger partial charge in [-0.05, 0) is 54.6 Å². The molecule has 1 N–H and O–H groups in total. The van der Waals surface area contributed by atoms with Crippen molar-refractivity contribution in [3.63, 3.8) is 0 Å². The van der Waals surface area contributed by atoms with Gasteiger partial charge in [0.15, 0.2) is 0 Å². The summed E-state index contributed by atoms with van der Waals surface area (Å²) in [5.74, 6) is 0.616. The molecule has 21 heavy (non-hydrogen) atoms. The van der Waals surface area contributed by atoms with Gasteiger partial charge in [0.05, 0.1) is 5.41 Å². The summed E-state index contributed by atoms with van der Waals surface area (Å²) in [5.41, 5.74) is 0.246. The molecule has 0 unspecified atom stereocenters. The maximum atomic E-state index is 13.2. The summed E-state index contributed by atoms with van der Waals surface area (Å²) < 4.78 is 39.5. The minimum absolute atomic E-state index is 0.208. The highest BCUT2D eigenvalue weighted by Crippen LogP contribution is 2.59. The van der Waals surface area contributed by atoms with Gasteiger partial charge in [0.25, 0.3) is 0 Å². The molecule has 0 radical (unpaired) electrons. The smallest absolute Gasteiger partial charge is 0.316 e. The Hall–Kier alpha value is -1.10. The second-order valence-electron chi connectivity index (χ2n) is 7.24. The van der Waals surface area contributed by atoms with Crippen molar-refractivity contribution in [2.75, 3.05) is 13.1 Å². The van der Waals surface area contributed by atoms with Gasteiger partial charge in [-0.1, -0.05) is 6.07 Å². The molecule has 2 nitrogen and oxygen atoms in total. The molecule has 2 aliphatic carbocycles. The van der Waals surface area contributed by atoms with E-state index in [0.29, 0.717) is 16.9 Å². The van der Waals surface area contributed by atoms with Crippen LogP contribution in [-0.2, 0) is 11.8 Å². The molecule has 0 atom stereocenters. The first kappa shape index (κ1) is 13.6. The van der Waals surface area contributed by atoms with E-state index in [4.69, 9.17) is 0 Å². The highest BCUT2D eigenvalue weighted by molar-refractivity contribution is 5.34. The van der Waals surface area contributed by atoms with E-state index in [1.165, 1.54) is 19.0 Å². The summed E-state index contributed by atoms with van der Waals surface area (Å²) in [7, 11) is 0. The van der Waals surface area contributed by atoms with Gasteiger partial charge in [-0.2, -0.15) is 13.2 Å². The van der Waals surface area contributed by atoms with Crippen LogP contribution in [0.15, 0.2) is 18.5 Å². The van der Waals surface area contributed by atoms with Crippen LogP contribution in [-0.4, -0.2) is 24.2 Å². The zero-order valence-electron chi connectivity index (χ0n) is 11.8. The molecule has 2 saturated carbocycles. The molecule has 4 rings (SSSR count). The highest BCUT2D eigenvalue weighted by Gasteiger charge is 2.64. The second kappa shape index (κ2) is 4.22. The minimum atomic E-state index is -4.15. The quantitative estimate of drug-likeness (QED) is 0.926. The molecule has 1 spiro atoms. The number of rotatable bonds is 3. The van der Waals surface area contributed by atoms with E-state index in [1.54, 1.807) is 12.3 Å². The molecule has 1 aromatic heterocycles. The molecule has 0 amide bonds. The van der Waals surface area contributed by atoms with Crippen LogP contribution in [0.4, 0.5) is 13.2 Å². The molecule has 1 aromatic rings. The fourth-order valence-corrected chi connectivity index (χ4v) is 4.13. The largest absolute Gasteiger partial charge is 0.398 e. The Morgan fingerprint density at radius 3 is 2.43 bits per heavy atom. The third kappa shape index (κ3) is 2.08. The van der Waals surface area contributed by atoms with Crippen LogP contribution in [0.25, 0.3) is 0 Å². The number of nitrogens with zero attached hydrogens (tertiary/aromatic N) is 1. The lowest BCUT2D eigenvalue weighted by molar-refractivity contribution is -0.160. The molecule has 5 heteroatoms. The van der Waals surface area contributed by atoms with Gasteiger partial charge in [0.1, 0.15) is 0 Å². The van der Waals surface area contributed by atoms with E-state index < -0.39 is 11.6 Å². The van der Waals surface area contributed by atoms with E-state index >= 15 is 0 Å². The maximum Gasteiger partial charge on any atom is 0.398 e. The summed E-state index contributed by atoms with van der Waals surface area (Å²) in [6.07, 6.45) is 2.69. The van der Waals surface area contributed by atoms with Gasteiger partial charge in [0, 0.05) is 25.5 Å². The summed E-state index contributed by atoms with van der Waals surface area (Å²) in [6.45, 7) is 2.22. The third-order valence-corrected chi connectivity index (χ3v) is 5.61. The molecule has 0 aromatic carbocycles. The van der Waals surface area contributed by atoms with Gasteiger partial charge in [-0.15, -0.1) is 0 Å². The van der Waals surface area contributed by atoms with E-state index in [-0.39, 0.29) is 12.8 Å². The first-order valence-corrected chi connectivity index (χ1v) is 7.64. The van der Waals surface area contributed by atoms with Crippen molar-refractivity contribution < 1.29 is 13.2 Å². The lowest BCUT2D eigenvalue weighted by atomic mass is 9.57. The van der Waals surface area contributed by atoms with Gasteiger partial charge >= 0.3 is 6.18 Å². The van der Waals surface area contributed by atoms with Crippen molar-refractivity contribution in [2.24, 2.45) is 11.3 Å². The van der Waals surface area contributed by atoms with Gasteiger partial charge in [0.2, 0.25) is 0 Å². The Morgan fingerprint density at radius 2 is 1.90 bits per heavy atom. The molecule has 3 aliphatic rings. The topological polar surface area (TPSA) is 24.9 Å². The number of pyridine rings is 1. The summed E-state index contributed by atoms with van der Waals surface area (Å²) in [6, 6.07) is 1.75. The molecule has 3 fully saturated rings. The molecular weight excluding hydrogens is 277 g/mol.